The Hall–Kier alpha value is -3.84. The summed E-state index contributed by atoms with van der Waals surface area (Å²) in [4.78, 5) is 17.4. The Kier molecular flexibility index (Phi) is 9.48. The zero-order valence-corrected chi connectivity index (χ0v) is 24.5. The van der Waals surface area contributed by atoms with Crippen molar-refractivity contribution in [2.45, 2.75) is 66.0 Å². The molecule has 0 radical (unpaired) electrons. The topological polar surface area (TPSA) is 71.8 Å². The first-order valence-electron chi connectivity index (χ1n) is 13.9. The molecule has 7 heteroatoms. The predicted molar refractivity (Wildman–Crippen MR) is 158 cm³/mol. The third-order valence-electron chi connectivity index (χ3n) is 6.51. The number of ether oxygens (including phenoxy) is 4. The molecule has 40 heavy (non-hydrogen) atoms. The van der Waals surface area contributed by atoms with E-state index < -0.39 is 11.8 Å². The van der Waals surface area contributed by atoms with Crippen molar-refractivity contribution in [3.05, 3.63) is 77.6 Å². The van der Waals surface area contributed by atoms with E-state index in [1.807, 2.05) is 45.0 Å². The number of methoxy groups -OCH3 is 1. The van der Waals surface area contributed by atoms with Crippen LogP contribution in [0.5, 0.6) is 11.5 Å². The number of nitrogens with zero attached hydrogens (tertiary/aromatic N) is 2. The number of para-hydroxylation sites is 1. The Morgan fingerprint density at radius 1 is 0.950 bits per heavy atom. The van der Waals surface area contributed by atoms with E-state index in [1.54, 1.807) is 13.2 Å². The van der Waals surface area contributed by atoms with E-state index in [4.69, 9.17) is 23.9 Å². The smallest absolute Gasteiger partial charge is 0.489 e. The van der Waals surface area contributed by atoms with Gasteiger partial charge in [-0.25, -0.2) is 9.78 Å². The highest BCUT2D eigenvalue weighted by Crippen LogP contribution is 2.33. The number of aryl methyl sites for hydroxylation is 2. The minimum Gasteiger partial charge on any atom is -0.489 e. The van der Waals surface area contributed by atoms with Crippen molar-refractivity contribution in [3.8, 4) is 22.6 Å². The number of hydrogen-bond acceptors (Lipinski definition) is 6. The number of carbonyl (C=O) groups is 1. The van der Waals surface area contributed by atoms with Gasteiger partial charge in [-0.1, -0.05) is 61.9 Å². The molecular weight excluding hydrogens is 504 g/mol. The molecular formula is C33H40N2O5. The van der Waals surface area contributed by atoms with Gasteiger partial charge in [0.1, 0.15) is 35.0 Å². The van der Waals surface area contributed by atoms with Gasteiger partial charge in [-0.2, -0.15) is 0 Å². The van der Waals surface area contributed by atoms with E-state index >= 15 is 0 Å². The number of fused-ring (bicyclic) bond motifs is 1. The summed E-state index contributed by atoms with van der Waals surface area (Å²) in [5.74, 6) is 2.33. The lowest BCUT2D eigenvalue weighted by Gasteiger charge is -2.19. The quantitative estimate of drug-likeness (QED) is 0.109. The number of rotatable bonds is 11. The Bertz CT molecular complexity index is 1430. The Balaban J connectivity index is 1.64. The summed E-state index contributed by atoms with van der Waals surface area (Å²) in [6.07, 6.45) is 2.34. The van der Waals surface area contributed by atoms with Crippen LogP contribution >= 0.6 is 0 Å². The van der Waals surface area contributed by atoms with Crippen LogP contribution in [0.25, 0.3) is 22.2 Å². The molecule has 0 amide bonds. The van der Waals surface area contributed by atoms with Crippen molar-refractivity contribution in [2.24, 2.45) is 0 Å². The fraction of sp³-hybridized carbons (Fsp3) is 0.394. The first-order valence-corrected chi connectivity index (χ1v) is 13.9. The molecule has 4 aromatic rings. The summed E-state index contributed by atoms with van der Waals surface area (Å²) in [5.41, 5.74) is 5.39. The molecule has 0 fully saturated rings. The van der Waals surface area contributed by atoms with Crippen LogP contribution in [-0.4, -0.2) is 41.6 Å². The zero-order chi connectivity index (χ0) is 28.7. The van der Waals surface area contributed by atoms with E-state index in [2.05, 4.69) is 48.7 Å². The highest BCUT2D eigenvalue weighted by atomic mass is 16.7. The van der Waals surface area contributed by atoms with Crippen LogP contribution in [0.1, 0.15) is 57.5 Å². The molecule has 0 N–H and O–H groups in total. The first-order chi connectivity index (χ1) is 19.2. The summed E-state index contributed by atoms with van der Waals surface area (Å²) >= 11 is 0. The molecule has 7 nitrogen and oxygen atoms in total. The van der Waals surface area contributed by atoms with Gasteiger partial charge in [-0.15, -0.1) is 0 Å². The highest BCUT2D eigenvalue weighted by molar-refractivity contribution is 5.86. The highest BCUT2D eigenvalue weighted by Gasteiger charge is 2.20. The second-order valence-electron chi connectivity index (χ2n) is 10.9. The van der Waals surface area contributed by atoms with Gasteiger partial charge in [-0.05, 0) is 62.9 Å². The first kappa shape index (κ1) is 29.2. The Morgan fingerprint density at radius 2 is 1.70 bits per heavy atom. The van der Waals surface area contributed by atoms with Crippen molar-refractivity contribution in [2.75, 3.05) is 20.3 Å². The third-order valence-corrected chi connectivity index (χ3v) is 6.51. The van der Waals surface area contributed by atoms with E-state index in [9.17, 15) is 4.79 Å². The number of hydrogen-bond donors (Lipinski definition) is 0. The normalized spacial score (nSPS) is 11.6. The SMILES string of the molecule is CCCCc1nc2c(C)ccc(OCCOC)c2n1Cc1ccc(-c2ccccc2OC(=O)OC(C)(C)C)cc1. The van der Waals surface area contributed by atoms with Gasteiger partial charge in [0.25, 0.3) is 0 Å². The molecule has 0 aliphatic carbocycles. The van der Waals surface area contributed by atoms with Gasteiger partial charge in [-0.3, -0.25) is 0 Å². The van der Waals surface area contributed by atoms with E-state index in [0.717, 1.165) is 64.1 Å². The minimum atomic E-state index is -0.720. The van der Waals surface area contributed by atoms with E-state index in [-0.39, 0.29) is 0 Å². The standard InChI is InChI=1S/C33H40N2O5/c1-7-8-13-29-34-30-23(2)14-19-28(38-21-20-37-6)31(30)35(29)22-24-15-17-25(18-16-24)26-11-9-10-12-27(26)39-32(36)40-33(3,4)5/h9-12,14-19H,7-8,13,20-22H2,1-6H3. The maximum absolute atomic E-state index is 12.3. The van der Waals surface area contributed by atoms with Crippen LogP contribution in [0.3, 0.4) is 0 Å². The van der Waals surface area contributed by atoms with Crippen molar-refractivity contribution in [1.82, 2.24) is 9.55 Å². The van der Waals surface area contributed by atoms with Gasteiger partial charge in [0.2, 0.25) is 0 Å². The largest absolute Gasteiger partial charge is 0.514 e. The summed E-state index contributed by atoms with van der Waals surface area (Å²) < 4.78 is 24.5. The molecule has 0 atom stereocenters. The monoisotopic (exact) mass is 544 g/mol. The Labute approximate surface area is 237 Å². The molecule has 1 aromatic heterocycles. The van der Waals surface area contributed by atoms with Crippen LogP contribution in [0.4, 0.5) is 4.79 Å². The van der Waals surface area contributed by atoms with E-state index in [0.29, 0.717) is 25.5 Å². The number of carbonyl (C=O) groups excluding carboxylic acids is 1. The van der Waals surface area contributed by atoms with Crippen molar-refractivity contribution in [1.29, 1.82) is 0 Å². The summed E-state index contributed by atoms with van der Waals surface area (Å²) in [6.45, 7) is 11.4. The van der Waals surface area contributed by atoms with Gasteiger partial charge >= 0.3 is 6.16 Å². The molecule has 4 rings (SSSR count). The van der Waals surface area contributed by atoms with Crippen molar-refractivity contribution < 1.29 is 23.7 Å². The molecule has 0 bridgehead atoms. The molecule has 0 aliphatic rings. The molecule has 0 saturated carbocycles. The number of imidazole rings is 1. The third kappa shape index (κ3) is 7.21. The van der Waals surface area contributed by atoms with Crippen molar-refractivity contribution in [3.63, 3.8) is 0 Å². The lowest BCUT2D eigenvalue weighted by Crippen LogP contribution is -2.26. The summed E-state index contributed by atoms with van der Waals surface area (Å²) in [7, 11) is 1.67. The average molecular weight is 545 g/mol. The maximum atomic E-state index is 12.3. The Morgan fingerprint density at radius 3 is 2.40 bits per heavy atom. The summed E-state index contributed by atoms with van der Waals surface area (Å²) in [6, 6.07) is 19.9. The molecule has 3 aromatic carbocycles. The van der Waals surface area contributed by atoms with Crippen LogP contribution in [0.15, 0.2) is 60.7 Å². The van der Waals surface area contributed by atoms with Gasteiger partial charge in [0.15, 0.2) is 0 Å². The van der Waals surface area contributed by atoms with E-state index in [1.165, 1.54) is 0 Å². The van der Waals surface area contributed by atoms with Gasteiger partial charge in [0.05, 0.1) is 12.1 Å². The number of unbranched alkanes of at least 4 members (excludes halogenated alkanes) is 1. The molecule has 1 heterocycles. The lowest BCUT2D eigenvalue weighted by atomic mass is 10.0. The molecule has 0 spiro atoms. The van der Waals surface area contributed by atoms with Crippen LogP contribution in [0, 0.1) is 6.92 Å². The minimum absolute atomic E-state index is 0.459. The lowest BCUT2D eigenvalue weighted by molar-refractivity contribution is 0.0207. The molecule has 0 aliphatic heterocycles. The maximum Gasteiger partial charge on any atom is 0.514 e. The fourth-order valence-electron chi connectivity index (χ4n) is 4.56. The van der Waals surface area contributed by atoms with Crippen LogP contribution < -0.4 is 9.47 Å². The average Bonchev–Trinajstić information content (AvgIpc) is 3.27. The fourth-order valence-corrected chi connectivity index (χ4v) is 4.56. The number of benzene rings is 3. The van der Waals surface area contributed by atoms with Crippen LogP contribution in [0.2, 0.25) is 0 Å². The molecule has 212 valence electrons. The van der Waals surface area contributed by atoms with Crippen LogP contribution in [-0.2, 0) is 22.4 Å². The second kappa shape index (κ2) is 13.0. The predicted octanol–water partition coefficient (Wildman–Crippen LogP) is 7.74. The number of aromatic nitrogens is 2. The molecule has 0 saturated heterocycles. The second-order valence-corrected chi connectivity index (χ2v) is 10.9. The van der Waals surface area contributed by atoms with Crippen molar-refractivity contribution >= 4 is 17.2 Å². The zero-order valence-electron chi connectivity index (χ0n) is 24.5. The van der Waals surface area contributed by atoms with Gasteiger partial charge in [0, 0.05) is 25.6 Å². The summed E-state index contributed by atoms with van der Waals surface area (Å²) in [5, 5.41) is 0. The molecule has 0 unspecified atom stereocenters. The van der Waals surface area contributed by atoms with Gasteiger partial charge < -0.3 is 23.5 Å².